The van der Waals surface area contributed by atoms with Gasteiger partial charge in [-0.3, -0.25) is 9.69 Å². The van der Waals surface area contributed by atoms with Gasteiger partial charge in [0.05, 0.1) is 0 Å². The molecule has 2 aromatic rings. The molecule has 2 unspecified atom stereocenters. The Morgan fingerprint density at radius 1 is 1.19 bits per heavy atom. The maximum atomic E-state index is 13.6. The molecule has 0 aromatic heterocycles. The van der Waals surface area contributed by atoms with Crippen molar-refractivity contribution in [3.63, 3.8) is 0 Å². The average Bonchev–Trinajstić information content (AvgIpc) is 3.60. The van der Waals surface area contributed by atoms with E-state index in [1.54, 1.807) is 7.05 Å². The molecular formula is C27H27N3O2. The second kappa shape index (κ2) is 6.87. The molecule has 2 heterocycles. The van der Waals surface area contributed by atoms with Crippen LogP contribution in [0.2, 0.25) is 0 Å². The van der Waals surface area contributed by atoms with Gasteiger partial charge in [0.2, 0.25) is 0 Å². The summed E-state index contributed by atoms with van der Waals surface area (Å²) in [7, 11) is 1.71. The molecule has 2 spiro atoms. The van der Waals surface area contributed by atoms with E-state index in [0.717, 1.165) is 42.6 Å². The van der Waals surface area contributed by atoms with E-state index < -0.39 is 11.1 Å². The molecule has 2 aliphatic heterocycles. The predicted octanol–water partition coefficient (Wildman–Crippen LogP) is 3.53. The number of carbonyl (C=O) groups is 1. The lowest BCUT2D eigenvalue weighted by Crippen LogP contribution is -2.52. The van der Waals surface area contributed by atoms with E-state index in [4.69, 9.17) is 15.5 Å². The second-order valence-corrected chi connectivity index (χ2v) is 9.71. The molecule has 5 nitrogen and oxygen atoms in total. The van der Waals surface area contributed by atoms with Crippen LogP contribution in [0.15, 0.2) is 47.5 Å². The predicted molar refractivity (Wildman–Crippen MR) is 123 cm³/mol. The molecule has 162 valence electrons. The van der Waals surface area contributed by atoms with E-state index in [1.165, 1.54) is 28.9 Å². The number of rotatable bonds is 0. The van der Waals surface area contributed by atoms with Gasteiger partial charge in [-0.25, -0.2) is 4.99 Å². The number of likely N-dealkylation sites (N-methyl/N-ethyl adjacent to an activating group) is 1. The minimum Gasteiger partial charge on any atom is -0.486 e. The molecular weight excluding hydrogens is 398 g/mol. The van der Waals surface area contributed by atoms with Crippen molar-refractivity contribution in [3.8, 4) is 17.6 Å². The molecule has 2 aromatic carbocycles. The lowest BCUT2D eigenvalue weighted by atomic mass is 9.72. The van der Waals surface area contributed by atoms with Crippen molar-refractivity contribution in [2.24, 2.45) is 16.6 Å². The van der Waals surface area contributed by atoms with Crippen LogP contribution in [0.5, 0.6) is 5.75 Å². The zero-order chi connectivity index (χ0) is 21.9. The first-order chi connectivity index (χ1) is 15.5. The Labute approximate surface area is 188 Å². The lowest BCUT2D eigenvalue weighted by Gasteiger charge is -2.45. The van der Waals surface area contributed by atoms with Crippen molar-refractivity contribution < 1.29 is 9.53 Å². The van der Waals surface area contributed by atoms with Crippen molar-refractivity contribution in [3.05, 3.63) is 64.7 Å². The summed E-state index contributed by atoms with van der Waals surface area (Å²) >= 11 is 0. The largest absolute Gasteiger partial charge is 0.486 e. The van der Waals surface area contributed by atoms with Crippen LogP contribution >= 0.6 is 0 Å². The fourth-order valence-corrected chi connectivity index (χ4v) is 5.50. The second-order valence-electron chi connectivity index (χ2n) is 9.71. The highest BCUT2D eigenvalue weighted by Gasteiger charge is 2.58. The van der Waals surface area contributed by atoms with Gasteiger partial charge in [-0.1, -0.05) is 36.1 Å². The Kier molecular flexibility index (Phi) is 4.17. The number of guanidine groups is 1. The van der Waals surface area contributed by atoms with Crippen molar-refractivity contribution in [2.75, 3.05) is 7.05 Å². The number of aliphatic imine (C=N–C) groups is 1. The number of carbonyl (C=O) groups excluding carboxylic acids is 1. The minimum absolute atomic E-state index is 0.0799. The summed E-state index contributed by atoms with van der Waals surface area (Å²) in [6, 6.07) is 14.5. The fourth-order valence-electron chi connectivity index (χ4n) is 5.50. The summed E-state index contributed by atoms with van der Waals surface area (Å²) in [5, 5.41) is 0. The molecule has 2 atom stereocenters. The summed E-state index contributed by atoms with van der Waals surface area (Å²) in [5.41, 5.74) is 9.00. The quantitative estimate of drug-likeness (QED) is 0.657. The molecule has 0 bridgehead atoms. The number of benzene rings is 2. The molecule has 4 aliphatic rings. The molecule has 6 rings (SSSR count). The van der Waals surface area contributed by atoms with Crippen LogP contribution in [0.1, 0.15) is 54.4 Å². The summed E-state index contributed by atoms with van der Waals surface area (Å²) in [6.07, 6.45) is 6.52. The van der Waals surface area contributed by atoms with Crippen LogP contribution in [0, 0.1) is 17.8 Å². The summed E-state index contributed by atoms with van der Waals surface area (Å²) < 4.78 is 6.77. The third-order valence-electron chi connectivity index (χ3n) is 7.34. The Morgan fingerprint density at radius 3 is 2.75 bits per heavy atom. The molecule has 0 radical (unpaired) electrons. The van der Waals surface area contributed by atoms with E-state index in [-0.39, 0.29) is 11.9 Å². The lowest BCUT2D eigenvalue weighted by molar-refractivity contribution is -0.134. The number of ether oxygens (including phenoxy) is 1. The number of nitrogens with zero attached hydrogens (tertiary/aromatic N) is 2. The molecule has 1 fully saturated rings. The first-order valence-electron chi connectivity index (χ1n) is 11.5. The maximum absolute atomic E-state index is 13.6. The maximum Gasteiger partial charge on any atom is 0.261 e. The van der Waals surface area contributed by atoms with Crippen LogP contribution in [-0.2, 0) is 23.2 Å². The van der Waals surface area contributed by atoms with Gasteiger partial charge in [0.25, 0.3) is 5.91 Å². The fraction of sp³-hybridized carbons (Fsp3) is 0.407. The smallest absolute Gasteiger partial charge is 0.261 e. The third kappa shape index (κ3) is 3.01. The highest BCUT2D eigenvalue weighted by molar-refractivity contribution is 6.07. The summed E-state index contributed by atoms with van der Waals surface area (Å²) in [5.74, 6) is 8.03. The van der Waals surface area contributed by atoms with Crippen molar-refractivity contribution in [1.29, 1.82) is 0 Å². The highest BCUT2D eigenvalue weighted by Crippen LogP contribution is 2.52. The van der Waals surface area contributed by atoms with Crippen molar-refractivity contribution >= 4 is 11.9 Å². The molecule has 2 N–H and O–H groups in total. The number of amides is 1. The van der Waals surface area contributed by atoms with E-state index in [0.29, 0.717) is 12.3 Å². The van der Waals surface area contributed by atoms with Crippen LogP contribution in [0.25, 0.3) is 0 Å². The molecule has 1 amide bonds. The minimum atomic E-state index is -1.05. The van der Waals surface area contributed by atoms with Gasteiger partial charge in [0.15, 0.2) is 11.5 Å². The van der Waals surface area contributed by atoms with E-state index >= 15 is 0 Å². The monoisotopic (exact) mass is 425 g/mol. The van der Waals surface area contributed by atoms with Crippen LogP contribution < -0.4 is 10.5 Å². The first-order valence-corrected chi connectivity index (χ1v) is 11.5. The first kappa shape index (κ1) is 19.4. The van der Waals surface area contributed by atoms with Gasteiger partial charge >= 0.3 is 0 Å². The molecule has 2 aliphatic carbocycles. The van der Waals surface area contributed by atoms with Crippen LogP contribution in [0.4, 0.5) is 0 Å². The van der Waals surface area contributed by atoms with Crippen molar-refractivity contribution in [2.45, 2.75) is 56.1 Å². The number of hydrogen-bond donors (Lipinski definition) is 1. The number of nitrogens with two attached hydrogens (primary N) is 1. The van der Waals surface area contributed by atoms with Gasteiger partial charge in [-0.15, -0.1) is 0 Å². The van der Waals surface area contributed by atoms with Gasteiger partial charge < -0.3 is 10.5 Å². The van der Waals surface area contributed by atoms with E-state index in [2.05, 4.69) is 36.1 Å². The molecule has 1 saturated carbocycles. The number of hydrogen-bond acceptors (Lipinski definition) is 4. The molecule has 32 heavy (non-hydrogen) atoms. The summed E-state index contributed by atoms with van der Waals surface area (Å²) in [4.78, 5) is 19.9. The Hall–Kier alpha value is -3.26. The Morgan fingerprint density at radius 2 is 2.00 bits per heavy atom. The van der Waals surface area contributed by atoms with Gasteiger partial charge in [0, 0.05) is 36.9 Å². The van der Waals surface area contributed by atoms with E-state index in [1.807, 2.05) is 18.2 Å². The third-order valence-corrected chi connectivity index (χ3v) is 7.34. The van der Waals surface area contributed by atoms with Gasteiger partial charge in [-0.05, 0) is 61.4 Å². The number of fused-ring (bicyclic) bond motifs is 3. The van der Waals surface area contributed by atoms with Crippen molar-refractivity contribution in [1.82, 2.24) is 4.90 Å². The van der Waals surface area contributed by atoms with E-state index in [9.17, 15) is 4.79 Å². The Bertz CT molecular complexity index is 1220. The standard InChI is InChI=1S/C27H27N3O2/c1-30-24(31)27(29-25(30)28)17-26(14-4-7-20-5-2-3-6-21(20)16-26)32-23-13-12-19(15-22(23)27)11-10-18-8-9-18/h2-3,5-6,12-13,15,18H,4,7-9,14,16-17H2,1H3,(H2,28,29). The zero-order valence-corrected chi connectivity index (χ0v) is 18.4. The van der Waals surface area contributed by atoms with Crippen LogP contribution in [-0.4, -0.2) is 29.4 Å². The average molecular weight is 426 g/mol. The summed E-state index contributed by atoms with van der Waals surface area (Å²) in [6.45, 7) is 0. The molecule has 0 saturated heterocycles. The highest BCUT2D eigenvalue weighted by atomic mass is 16.5. The normalized spacial score (nSPS) is 28.3. The number of aryl methyl sites for hydroxylation is 1. The topological polar surface area (TPSA) is 67.9 Å². The zero-order valence-electron chi connectivity index (χ0n) is 18.4. The van der Waals surface area contributed by atoms with Gasteiger partial charge in [-0.2, -0.15) is 0 Å². The molecule has 5 heteroatoms. The van der Waals surface area contributed by atoms with Gasteiger partial charge in [0.1, 0.15) is 11.4 Å². The Balaban J connectivity index is 1.48. The van der Waals surface area contributed by atoms with Crippen LogP contribution in [0.3, 0.4) is 0 Å². The SMILES string of the molecule is CN1C(=O)C2(CC3(CCCc4ccccc4C3)Oc3ccc(C#CC4CC4)cc32)N=C1N.